The average molecular weight is 490 g/mol. The van der Waals surface area contributed by atoms with Gasteiger partial charge in [0.15, 0.2) is 11.0 Å². The fourth-order valence-electron chi connectivity index (χ4n) is 3.88. The molecule has 1 aliphatic heterocycles. The molecule has 0 bridgehead atoms. The summed E-state index contributed by atoms with van der Waals surface area (Å²) in [5.41, 5.74) is 1.94. The molecule has 1 heterocycles. The summed E-state index contributed by atoms with van der Waals surface area (Å²) < 4.78 is 5.16. The number of methoxy groups -OCH3 is 1. The first-order valence-corrected chi connectivity index (χ1v) is 12.3. The van der Waals surface area contributed by atoms with E-state index in [1.54, 1.807) is 36.3 Å². The molecule has 1 saturated heterocycles. The smallest absolute Gasteiger partial charge is 0.242 e. The number of rotatable bonds is 9. The molecule has 3 aromatic rings. The number of nitrogens with one attached hydrogen (secondary N) is 1. The zero-order chi connectivity index (χ0) is 24.8. The number of carbonyl (C=O) groups excluding carboxylic acids is 3. The molecule has 8 heteroatoms. The number of amidine groups is 1. The zero-order valence-corrected chi connectivity index (χ0v) is 20.5. The standard InChI is InChI=1S/C27H27N3O4S/c1-18(31)19-11-13-21(14-12-19)28-25(32)17-24-26(33)30(15-6-16-34-2)27(35-24)29-23-10-5-8-20-7-3-4-9-22(20)23/h3-5,7-14,24H,6,15-17H2,1-2H3,(H,28,32). The summed E-state index contributed by atoms with van der Waals surface area (Å²) in [6.07, 6.45) is 0.687. The number of anilines is 1. The first-order valence-electron chi connectivity index (χ1n) is 11.4. The number of ether oxygens (including phenoxy) is 1. The summed E-state index contributed by atoms with van der Waals surface area (Å²) in [5, 5.41) is 4.91. The van der Waals surface area contributed by atoms with Crippen LogP contribution in [0.1, 0.15) is 30.1 Å². The second-order valence-electron chi connectivity index (χ2n) is 8.22. The van der Waals surface area contributed by atoms with E-state index in [1.807, 2.05) is 42.5 Å². The molecule has 1 atom stereocenters. The fourth-order valence-corrected chi connectivity index (χ4v) is 5.05. The highest BCUT2D eigenvalue weighted by Crippen LogP contribution is 2.34. The predicted molar refractivity (Wildman–Crippen MR) is 140 cm³/mol. The molecule has 0 aromatic heterocycles. The van der Waals surface area contributed by atoms with E-state index in [9.17, 15) is 14.4 Å². The number of ketones is 1. The lowest BCUT2D eigenvalue weighted by Crippen LogP contribution is -2.34. The lowest BCUT2D eigenvalue weighted by molar-refractivity contribution is -0.128. The van der Waals surface area contributed by atoms with Crippen molar-refractivity contribution in [2.24, 2.45) is 4.99 Å². The molecule has 1 aliphatic rings. The molecule has 180 valence electrons. The Hall–Kier alpha value is -3.49. The third kappa shape index (κ3) is 5.96. The second kappa shape index (κ2) is 11.3. The number of amides is 2. The van der Waals surface area contributed by atoms with Crippen LogP contribution in [0.3, 0.4) is 0 Å². The number of thioether (sulfide) groups is 1. The van der Waals surface area contributed by atoms with Gasteiger partial charge in [-0.2, -0.15) is 0 Å². The van der Waals surface area contributed by atoms with E-state index in [2.05, 4.69) is 5.32 Å². The second-order valence-corrected chi connectivity index (χ2v) is 9.39. The molecule has 3 aromatic carbocycles. The molecule has 0 radical (unpaired) electrons. The van der Waals surface area contributed by atoms with Gasteiger partial charge in [-0.25, -0.2) is 4.99 Å². The highest BCUT2D eigenvalue weighted by Gasteiger charge is 2.39. The van der Waals surface area contributed by atoms with E-state index in [-0.39, 0.29) is 24.0 Å². The van der Waals surface area contributed by atoms with Crippen molar-refractivity contribution in [3.05, 3.63) is 72.3 Å². The molecule has 1 N–H and O–H groups in total. The Kier molecular flexibility index (Phi) is 7.94. The number of benzene rings is 3. The Balaban J connectivity index is 1.52. The van der Waals surface area contributed by atoms with E-state index in [0.29, 0.717) is 36.0 Å². The minimum atomic E-state index is -0.567. The highest BCUT2D eigenvalue weighted by atomic mass is 32.2. The lowest BCUT2D eigenvalue weighted by atomic mass is 10.1. The molecule has 1 fully saturated rings. The quantitative estimate of drug-likeness (QED) is 0.336. The largest absolute Gasteiger partial charge is 0.385 e. The van der Waals surface area contributed by atoms with Gasteiger partial charge in [0.2, 0.25) is 11.8 Å². The number of hydrogen-bond acceptors (Lipinski definition) is 6. The van der Waals surface area contributed by atoms with Crippen LogP contribution in [0.25, 0.3) is 10.8 Å². The summed E-state index contributed by atoms with van der Waals surface area (Å²) >= 11 is 1.31. The Bertz CT molecular complexity index is 1270. The zero-order valence-electron chi connectivity index (χ0n) is 19.7. The summed E-state index contributed by atoms with van der Waals surface area (Å²) in [4.78, 5) is 43.9. The first kappa shape index (κ1) is 24.6. The van der Waals surface area contributed by atoms with E-state index < -0.39 is 5.25 Å². The Morgan fingerprint density at radius 3 is 2.54 bits per heavy atom. The van der Waals surface area contributed by atoms with Crippen molar-refractivity contribution in [3.63, 3.8) is 0 Å². The van der Waals surface area contributed by atoms with Crippen molar-refractivity contribution in [2.45, 2.75) is 25.0 Å². The van der Waals surface area contributed by atoms with E-state index in [1.165, 1.54) is 18.7 Å². The molecule has 4 rings (SSSR count). The maximum absolute atomic E-state index is 13.2. The number of aliphatic imine (C=N–C) groups is 1. The SMILES string of the molecule is COCCCN1C(=O)C(CC(=O)Nc2ccc(C(C)=O)cc2)SC1=Nc1cccc2ccccc12. The topological polar surface area (TPSA) is 88.1 Å². The summed E-state index contributed by atoms with van der Waals surface area (Å²) in [6, 6.07) is 20.6. The predicted octanol–water partition coefficient (Wildman–Crippen LogP) is 5.04. The summed E-state index contributed by atoms with van der Waals surface area (Å²) in [5.74, 6) is -0.441. The van der Waals surface area contributed by atoms with Crippen LogP contribution in [0.4, 0.5) is 11.4 Å². The monoisotopic (exact) mass is 489 g/mol. The van der Waals surface area contributed by atoms with Gasteiger partial charge in [-0.05, 0) is 49.1 Å². The Labute approximate surface area is 208 Å². The molecular weight excluding hydrogens is 462 g/mol. The third-order valence-corrected chi connectivity index (χ3v) is 6.85. The van der Waals surface area contributed by atoms with Gasteiger partial charge >= 0.3 is 0 Å². The number of fused-ring (bicyclic) bond motifs is 1. The molecule has 2 amide bonds. The Morgan fingerprint density at radius 1 is 1.06 bits per heavy atom. The van der Waals surface area contributed by atoms with E-state index in [4.69, 9.17) is 9.73 Å². The van der Waals surface area contributed by atoms with Crippen LogP contribution in [0.5, 0.6) is 0 Å². The van der Waals surface area contributed by atoms with Crippen LogP contribution in [-0.4, -0.2) is 53.2 Å². The normalized spacial score (nSPS) is 16.7. The molecule has 35 heavy (non-hydrogen) atoms. The van der Waals surface area contributed by atoms with Gasteiger partial charge in [-0.15, -0.1) is 0 Å². The molecular formula is C27H27N3O4S. The fraction of sp³-hybridized carbons (Fsp3) is 0.259. The van der Waals surface area contributed by atoms with Crippen LogP contribution >= 0.6 is 11.8 Å². The summed E-state index contributed by atoms with van der Waals surface area (Å²) in [7, 11) is 1.63. The van der Waals surface area contributed by atoms with Gasteiger partial charge in [0.25, 0.3) is 0 Å². The van der Waals surface area contributed by atoms with E-state index >= 15 is 0 Å². The van der Waals surface area contributed by atoms with Crippen molar-refractivity contribution in [1.29, 1.82) is 0 Å². The maximum atomic E-state index is 13.2. The molecule has 0 saturated carbocycles. The minimum Gasteiger partial charge on any atom is -0.385 e. The molecule has 0 aliphatic carbocycles. The van der Waals surface area contributed by atoms with E-state index in [0.717, 1.165) is 16.5 Å². The van der Waals surface area contributed by atoms with Gasteiger partial charge in [-0.1, -0.05) is 48.2 Å². The Morgan fingerprint density at radius 2 is 1.80 bits per heavy atom. The van der Waals surface area contributed by atoms with Gasteiger partial charge in [-0.3, -0.25) is 19.3 Å². The van der Waals surface area contributed by atoms with Crippen molar-refractivity contribution in [1.82, 2.24) is 4.90 Å². The summed E-state index contributed by atoms with van der Waals surface area (Å²) in [6.45, 7) is 2.48. The van der Waals surface area contributed by atoms with Crippen molar-refractivity contribution >= 4 is 56.7 Å². The lowest BCUT2D eigenvalue weighted by Gasteiger charge is -2.16. The number of Topliss-reactive ketones (excluding diaryl/α,β-unsaturated/α-hetero) is 1. The first-order chi connectivity index (χ1) is 17.0. The van der Waals surface area contributed by atoms with Gasteiger partial charge in [0.05, 0.1) is 5.69 Å². The number of hydrogen-bond donors (Lipinski definition) is 1. The van der Waals surface area contributed by atoms with Gasteiger partial charge < -0.3 is 10.1 Å². The van der Waals surface area contributed by atoms with Crippen LogP contribution in [0, 0.1) is 0 Å². The highest BCUT2D eigenvalue weighted by molar-refractivity contribution is 8.15. The maximum Gasteiger partial charge on any atom is 0.242 e. The van der Waals surface area contributed by atoms with Crippen LogP contribution < -0.4 is 5.32 Å². The van der Waals surface area contributed by atoms with Crippen molar-refractivity contribution in [2.75, 3.05) is 25.6 Å². The van der Waals surface area contributed by atoms with Gasteiger partial charge in [0, 0.05) is 43.3 Å². The van der Waals surface area contributed by atoms with Crippen LogP contribution in [0.2, 0.25) is 0 Å². The van der Waals surface area contributed by atoms with Crippen molar-refractivity contribution in [3.8, 4) is 0 Å². The van der Waals surface area contributed by atoms with Crippen LogP contribution in [-0.2, 0) is 14.3 Å². The minimum absolute atomic E-state index is 0.0211. The van der Waals surface area contributed by atoms with Gasteiger partial charge in [0.1, 0.15) is 5.25 Å². The number of carbonyl (C=O) groups is 3. The molecule has 1 unspecified atom stereocenters. The average Bonchev–Trinajstić information content (AvgIpc) is 3.13. The molecule has 0 spiro atoms. The number of nitrogens with zero attached hydrogens (tertiary/aromatic N) is 2. The third-order valence-electron chi connectivity index (χ3n) is 5.68. The molecule has 7 nitrogen and oxygen atoms in total. The van der Waals surface area contributed by atoms with Crippen LogP contribution in [0.15, 0.2) is 71.7 Å². The van der Waals surface area contributed by atoms with Crippen molar-refractivity contribution < 1.29 is 19.1 Å².